The molecule has 0 aromatic heterocycles. The number of hydrogen-bond donors (Lipinski definition) is 1. The Morgan fingerprint density at radius 2 is 1.92 bits per heavy atom. The van der Waals surface area contributed by atoms with Crippen molar-refractivity contribution in [3.63, 3.8) is 0 Å². The lowest BCUT2D eigenvalue weighted by Crippen LogP contribution is -2.26. The van der Waals surface area contributed by atoms with Gasteiger partial charge in [0.1, 0.15) is 28.9 Å². The molecule has 0 bridgehead atoms. The third-order valence-corrected chi connectivity index (χ3v) is 4.16. The number of benzene rings is 1. The predicted molar refractivity (Wildman–Crippen MR) is 94.3 cm³/mol. The van der Waals surface area contributed by atoms with Crippen LogP contribution in [0.5, 0.6) is 11.5 Å². The van der Waals surface area contributed by atoms with Crippen molar-refractivity contribution in [1.29, 1.82) is 5.26 Å². The first-order chi connectivity index (χ1) is 12.4. The number of nitriles is 1. The van der Waals surface area contributed by atoms with Crippen molar-refractivity contribution in [1.82, 2.24) is 0 Å². The number of methoxy groups -OCH3 is 2. The minimum Gasteiger partial charge on any atom is -0.496 e. The second-order valence-corrected chi connectivity index (χ2v) is 5.68. The molecular formula is C19H22N2O5. The molecule has 1 heterocycles. The van der Waals surface area contributed by atoms with Crippen LogP contribution in [0.4, 0.5) is 0 Å². The Morgan fingerprint density at radius 3 is 2.46 bits per heavy atom. The number of allylic oxidation sites excluding steroid dienone is 2. The van der Waals surface area contributed by atoms with E-state index in [1.165, 1.54) is 7.11 Å². The van der Waals surface area contributed by atoms with Crippen LogP contribution in [0.3, 0.4) is 0 Å². The van der Waals surface area contributed by atoms with Gasteiger partial charge >= 0.3 is 5.97 Å². The van der Waals surface area contributed by atoms with E-state index in [4.69, 9.17) is 24.7 Å². The Kier molecular flexibility index (Phi) is 5.78. The Hall–Kier alpha value is -3.14. The largest absolute Gasteiger partial charge is 0.496 e. The van der Waals surface area contributed by atoms with Crippen LogP contribution in [0.25, 0.3) is 0 Å². The smallest absolute Gasteiger partial charge is 0.338 e. The molecule has 0 spiro atoms. The zero-order chi connectivity index (χ0) is 19.4. The van der Waals surface area contributed by atoms with Crippen molar-refractivity contribution in [2.75, 3.05) is 20.8 Å². The van der Waals surface area contributed by atoms with Crippen LogP contribution in [0.1, 0.15) is 30.9 Å². The molecule has 1 aromatic rings. The number of ether oxygens (including phenoxy) is 4. The Labute approximate surface area is 152 Å². The van der Waals surface area contributed by atoms with Gasteiger partial charge in [-0.05, 0) is 38.5 Å². The monoisotopic (exact) mass is 358 g/mol. The minimum atomic E-state index is -0.780. The molecule has 0 radical (unpaired) electrons. The van der Waals surface area contributed by atoms with Crippen LogP contribution in [-0.2, 0) is 14.3 Å². The molecule has 7 nitrogen and oxygen atoms in total. The van der Waals surface area contributed by atoms with Gasteiger partial charge in [0, 0.05) is 5.56 Å². The summed E-state index contributed by atoms with van der Waals surface area (Å²) in [4.78, 5) is 12.6. The van der Waals surface area contributed by atoms with E-state index in [0.29, 0.717) is 17.1 Å². The summed E-state index contributed by atoms with van der Waals surface area (Å²) in [6.45, 7) is 5.38. The molecule has 1 aliphatic rings. The molecule has 1 aromatic carbocycles. The molecule has 2 N–H and O–H groups in total. The van der Waals surface area contributed by atoms with Crippen molar-refractivity contribution in [3.05, 3.63) is 46.0 Å². The highest BCUT2D eigenvalue weighted by Crippen LogP contribution is 2.44. The fourth-order valence-electron chi connectivity index (χ4n) is 2.97. The van der Waals surface area contributed by atoms with Gasteiger partial charge in [0.25, 0.3) is 0 Å². The first-order valence-corrected chi connectivity index (χ1v) is 8.07. The van der Waals surface area contributed by atoms with Crippen molar-refractivity contribution in [2.24, 2.45) is 5.73 Å². The average Bonchev–Trinajstić information content (AvgIpc) is 2.60. The van der Waals surface area contributed by atoms with Crippen LogP contribution < -0.4 is 15.2 Å². The Morgan fingerprint density at radius 1 is 1.27 bits per heavy atom. The second kappa shape index (κ2) is 7.83. The molecule has 0 saturated heterocycles. The summed E-state index contributed by atoms with van der Waals surface area (Å²) in [7, 11) is 3.06. The summed E-state index contributed by atoms with van der Waals surface area (Å²) in [5.41, 5.74) is 7.66. The number of carbonyl (C=O) groups excluding carboxylic acids is 1. The van der Waals surface area contributed by atoms with Crippen LogP contribution >= 0.6 is 0 Å². The van der Waals surface area contributed by atoms with E-state index >= 15 is 0 Å². The molecule has 0 amide bonds. The van der Waals surface area contributed by atoms with Gasteiger partial charge in [0.15, 0.2) is 0 Å². The summed E-state index contributed by atoms with van der Waals surface area (Å²) in [6, 6.07) is 5.57. The maximum atomic E-state index is 12.6. The fraction of sp³-hybridized carbons (Fsp3) is 0.368. The van der Waals surface area contributed by atoms with E-state index in [1.54, 1.807) is 33.1 Å². The molecule has 2 rings (SSSR count). The van der Waals surface area contributed by atoms with Crippen molar-refractivity contribution >= 4 is 5.97 Å². The van der Waals surface area contributed by atoms with Gasteiger partial charge < -0.3 is 24.7 Å². The molecule has 1 aliphatic heterocycles. The van der Waals surface area contributed by atoms with E-state index in [1.807, 2.05) is 13.0 Å². The van der Waals surface area contributed by atoms with Gasteiger partial charge in [-0.1, -0.05) is 0 Å². The van der Waals surface area contributed by atoms with E-state index in [9.17, 15) is 10.1 Å². The summed E-state index contributed by atoms with van der Waals surface area (Å²) < 4.78 is 21.5. The zero-order valence-corrected chi connectivity index (χ0v) is 15.5. The summed E-state index contributed by atoms with van der Waals surface area (Å²) in [5.74, 6) is -0.0142. The first-order valence-electron chi connectivity index (χ1n) is 8.07. The standard InChI is InChI=1S/C19H22N2O5/c1-6-25-19(22)16-11(3)26-18(21)13(9-20)17(16)12-8-14(23-4)10(2)7-15(12)24-5/h7-8,17H,6,21H2,1-5H3. The highest BCUT2D eigenvalue weighted by molar-refractivity contribution is 5.93. The van der Waals surface area contributed by atoms with E-state index in [0.717, 1.165) is 5.56 Å². The van der Waals surface area contributed by atoms with E-state index < -0.39 is 11.9 Å². The molecule has 0 aliphatic carbocycles. The predicted octanol–water partition coefficient (Wildman–Crippen LogP) is 2.66. The van der Waals surface area contributed by atoms with E-state index in [2.05, 4.69) is 0 Å². The molecule has 0 fully saturated rings. The Balaban J connectivity index is 2.77. The highest BCUT2D eigenvalue weighted by atomic mass is 16.5. The summed E-state index contributed by atoms with van der Waals surface area (Å²) in [5, 5.41) is 9.64. The fourth-order valence-corrected chi connectivity index (χ4v) is 2.97. The summed E-state index contributed by atoms with van der Waals surface area (Å²) >= 11 is 0. The van der Waals surface area contributed by atoms with Gasteiger partial charge in [-0.3, -0.25) is 0 Å². The van der Waals surface area contributed by atoms with Gasteiger partial charge in [0.05, 0.1) is 32.3 Å². The Bertz CT molecular complexity index is 833. The number of nitrogens with two attached hydrogens (primary N) is 1. The molecule has 1 atom stereocenters. The lowest BCUT2D eigenvalue weighted by atomic mass is 9.82. The third kappa shape index (κ3) is 3.31. The normalized spacial score (nSPS) is 16.7. The van der Waals surface area contributed by atoms with Crippen LogP contribution in [0.2, 0.25) is 0 Å². The lowest BCUT2D eigenvalue weighted by Gasteiger charge is -2.28. The number of carbonyl (C=O) groups is 1. The maximum Gasteiger partial charge on any atom is 0.338 e. The SMILES string of the molecule is CCOC(=O)C1=C(C)OC(N)=C(C#N)C1c1cc(OC)c(C)cc1OC. The van der Waals surface area contributed by atoms with Gasteiger partial charge in [-0.15, -0.1) is 0 Å². The molecule has 1 unspecified atom stereocenters. The van der Waals surface area contributed by atoms with Crippen LogP contribution in [0.15, 0.2) is 34.9 Å². The molecule has 26 heavy (non-hydrogen) atoms. The quantitative estimate of drug-likeness (QED) is 0.807. The van der Waals surface area contributed by atoms with Crippen molar-refractivity contribution < 1.29 is 23.7 Å². The van der Waals surface area contributed by atoms with Gasteiger partial charge in [-0.2, -0.15) is 5.26 Å². The van der Waals surface area contributed by atoms with Crippen molar-refractivity contribution in [2.45, 2.75) is 26.7 Å². The van der Waals surface area contributed by atoms with Gasteiger partial charge in [-0.25, -0.2) is 4.79 Å². The number of esters is 1. The number of rotatable bonds is 5. The molecular weight excluding hydrogens is 336 g/mol. The second-order valence-electron chi connectivity index (χ2n) is 5.68. The lowest BCUT2D eigenvalue weighted by molar-refractivity contribution is -0.139. The van der Waals surface area contributed by atoms with Crippen LogP contribution in [-0.4, -0.2) is 26.8 Å². The first kappa shape index (κ1) is 19.2. The maximum absolute atomic E-state index is 12.6. The average molecular weight is 358 g/mol. The van der Waals surface area contributed by atoms with Crippen molar-refractivity contribution in [3.8, 4) is 17.6 Å². The van der Waals surface area contributed by atoms with Crippen LogP contribution in [0, 0.1) is 18.3 Å². The summed E-state index contributed by atoms with van der Waals surface area (Å²) in [6.07, 6.45) is 0. The minimum absolute atomic E-state index is 0.0513. The number of aryl methyl sites for hydroxylation is 1. The van der Waals surface area contributed by atoms with E-state index in [-0.39, 0.29) is 29.4 Å². The number of nitrogens with zero attached hydrogens (tertiary/aromatic N) is 1. The van der Waals surface area contributed by atoms with Gasteiger partial charge in [0.2, 0.25) is 5.88 Å². The highest BCUT2D eigenvalue weighted by Gasteiger charge is 2.38. The third-order valence-electron chi connectivity index (χ3n) is 4.16. The molecule has 138 valence electrons. The number of hydrogen-bond acceptors (Lipinski definition) is 7. The molecule has 7 heteroatoms. The zero-order valence-electron chi connectivity index (χ0n) is 15.5. The molecule has 0 saturated carbocycles. The topological polar surface area (TPSA) is 104 Å².